The van der Waals surface area contributed by atoms with Crippen LogP contribution in [0.2, 0.25) is 0 Å². The molecule has 0 aliphatic carbocycles. The van der Waals surface area contributed by atoms with Gasteiger partial charge in [-0.25, -0.2) is 0 Å². The van der Waals surface area contributed by atoms with E-state index in [1.165, 1.54) is 15.9 Å². The van der Waals surface area contributed by atoms with Gasteiger partial charge in [0.1, 0.15) is 23.2 Å². The van der Waals surface area contributed by atoms with Crippen molar-refractivity contribution in [3.05, 3.63) is 103 Å². The number of carbonyl (C=O) groups excluding carboxylic acids is 1. The molecule has 0 spiro atoms. The largest absolute Gasteiger partial charge is 0.295 e. The molecular weight excluding hydrogens is 323 g/mol. The Hall–Kier alpha value is -2.50. The molecule has 3 aromatic carbocycles. The highest BCUT2D eigenvalue weighted by atomic mass is 31.2. The zero-order chi connectivity index (χ0) is 17.5. The number of allylic oxidation sites excluding steroid dienone is 1. The molecule has 0 saturated carbocycles. The van der Waals surface area contributed by atoms with Crippen molar-refractivity contribution in [2.45, 2.75) is 13.3 Å². The second-order valence-electron chi connectivity index (χ2n) is 5.86. The Bertz CT molecular complexity index is 742. The lowest BCUT2D eigenvalue weighted by Gasteiger charge is -2.23. The summed E-state index contributed by atoms with van der Waals surface area (Å²) in [7, 11) is -2.02. The van der Waals surface area contributed by atoms with Crippen LogP contribution in [-0.2, 0) is 4.79 Å². The SMILES string of the molecule is CCC(=O)C=C[P+](c1ccccc1)(c1ccccc1)c1ccccc1. The van der Waals surface area contributed by atoms with E-state index < -0.39 is 7.26 Å². The quantitative estimate of drug-likeness (QED) is 0.476. The molecule has 0 saturated heterocycles. The summed E-state index contributed by atoms with van der Waals surface area (Å²) in [4.78, 5) is 12.1. The zero-order valence-electron chi connectivity index (χ0n) is 14.4. The minimum atomic E-state index is -2.02. The smallest absolute Gasteiger partial charge is 0.158 e. The zero-order valence-corrected chi connectivity index (χ0v) is 15.3. The van der Waals surface area contributed by atoms with Crippen molar-refractivity contribution >= 4 is 29.0 Å². The second kappa shape index (κ2) is 8.05. The highest BCUT2D eigenvalue weighted by Gasteiger charge is 2.43. The number of hydrogen-bond donors (Lipinski definition) is 0. The van der Waals surface area contributed by atoms with Crippen molar-refractivity contribution < 1.29 is 4.79 Å². The van der Waals surface area contributed by atoms with Crippen molar-refractivity contribution in [2.75, 3.05) is 0 Å². The maximum absolute atomic E-state index is 12.1. The number of carbonyl (C=O) groups is 1. The molecule has 25 heavy (non-hydrogen) atoms. The van der Waals surface area contributed by atoms with Crippen molar-refractivity contribution in [1.29, 1.82) is 0 Å². The van der Waals surface area contributed by atoms with Gasteiger partial charge in [0.2, 0.25) is 0 Å². The third-order valence-corrected chi connectivity index (χ3v) is 8.26. The first kappa shape index (κ1) is 17.3. The Morgan fingerprint density at radius 2 is 1.08 bits per heavy atom. The van der Waals surface area contributed by atoms with Crippen LogP contribution in [0.4, 0.5) is 0 Å². The molecule has 1 nitrogen and oxygen atoms in total. The molecule has 0 unspecified atom stereocenters. The molecule has 0 N–H and O–H groups in total. The Morgan fingerprint density at radius 3 is 1.40 bits per heavy atom. The van der Waals surface area contributed by atoms with Crippen LogP contribution in [0.3, 0.4) is 0 Å². The molecule has 0 aromatic heterocycles. The van der Waals surface area contributed by atoms with E-state index in [1.54, 1.807) is 6.08 Å². The van der Waals surface area contributed by atoms with E-state index in [0.29, 0.717) is 6.42 Å². The van der Waals surface area contributed by atoms with Gasteiger partial charge in [0.25, 0.3) is 0 Å². The fourth-order valence-electron chi connectivity index (χ4n) is 3.01. The average molecular weight is 345 g/mol. The molecule has 0 aliphatic heterocycles. The van der Waals surface area contributed by atoms with E-state index >= 15 is 0 Å². The Morgan fingerprint density at radius 1 is 0.720 bits per heavy atom. The van der Waals surface area contributed by atoms with Crippen molar-refractivity contribution in [3.8, 4) is 0 Å². The highest BCUT2D eigenvalue weighted by Crippen LogP contribution is 2.56. The third-order valence-electron chi connectivity index (χ3n) is 4.32. The van der Waals surface area contributed by atoms with Crippen LogP contribution < -0.4 is 15.9 Å². The molecular formula is C23H22OP+. The van der Waals surface area contributed by atoms with Gasteiger partial charge in [-0.05, 0) is 36.4 Å². The molecule has 0 fully saturated rings. The lowest BCUT2D eigenvalue weighted by Crippen LogP contribution is -2.29. The summed E-state index contributed by atoms with van der Waals surface area (Å²) in [6.45, 7) is 1.90. The molecule has 0 heterocycles. The van der Waals surface area contributed by atoms with Gasteiger partial charge in [-0.2, -0.15) is 0 Å². The molecule has 124 valence electrons. The van der Waals surface area contributed by atoms with E-state index in [4.69, 9.17) is 0 Å². The Kier molecular flexibility index (Phi) is 5.58. The lowest BCUT2D eigenvalue weighted by molar-refractivity contribution is -0.114. The van der Waals surface area contributed by atoms with Gasteiger partial charge in [0.05, 0.1) is 5.82 Å². The highest BCUT2D eigenvalue weighted by molar-refractivity contribution is 7.98. The summed E-state index contributed by atoms with van der Waals surface area (Å²) >= 11 is 0. The van der Waals surface area contributed by atoms with E-state index in [0.717, 1.165) is 0 Å². The first-order chi connectivity index (χ1) is 12.3. The maximum atomic E-state index is 12.1. The molecule has 0 bridgehead atoms. The summed E-state index contributed by atoms with van der Waals surface area (Å²) in [5.41, 5.74) is 0. The fraction of sp³-hybridized carbons (Fsp3) is 0.0870. The van der Waals surface area contributed by atoms with Gasteiger partial charge < -0.3 is 0 Å². The van der Waals surface area contributed by atoms with E-state index in [2.05, 4.69) is 78.6 Å². The van der Waals surface area contributed by atoms with Crippen LogP contribution >= 0.6 is 7.26 Å². The standard InChI is InChI=1S/C23H22OP/c1-2-20(24)18-19-25(21-12-6-3-7-13-21,22-14-8-4-9-15-22)23-16-10-5-11-17-23/h3-19H,2H2,1H3/q+1. The molecule has 0 radical (unpaired) electrons. The maximum Gasteiger partial charge on any atom is 0.158 e. The van der Waals surface area contributed by atoms with Gasteiger partial charge in [0, 0.05) is 12.5 Å². The van der Waals surface area contributed by atoms with Crippen LogP contribution in [-0.4, -0.2) is 5.78 Å². The summed E-state index contributed by atoms with van der Waals surface area (Å²) in [6.07, 6.45) is 2.30. The van der Waals surface area contributed by atoms with Crippen LogP contribution in [0, 0.1) is 0 Å². The number of hydrogen-bond acceptors (Lipinski definition) is 1. The second-order valence-corrected chi connectivity index (χ2v) is 9.16. The molecule has 0 atom stereocenters. The number of benzene rings is 3. The lowest BCUT2D eigenvalue weighted by atomic mass is 10.3. The average Bonchev–Trinajstić information content (AvgIpc) is 2.71. The first-order valence-electron chi connectivity index (χ1n) is 8.55. The van der Waals surface area contributed by atoms with Crippen LogP contribution in [0.25, 0.3) is 0 Å². The van der Waals surface area contributed by atoms with Gasteiger partial charge in [-0.15, -0.1) is 0 Å². The number of ketones is 1. The third kappa shape index (κ3) is 3.62. The minimum Gasteiger partial charge on any atom is -0.295 e. The minimum absolute atomic E-state index is 0.159. The molecule has 0 amide bonds. The van der Waals surface area contributed by atoms with E-state index in [-0.39, 0.29) is 5.78 Å². The van der Waals surface area contributed by atoms with Crippen molar-refractivity contribution in [3.63, 3.8) is 0 Å². The van der Waals surface area contributed by atoms with Crippen molar-refractivity contribution in [2.24, 2.45) is 0 Å². The normalized spacial score (nSPS) is 11.6. The van der Waals surface area contributed by atoms with Crippen LogP contribution in [0.15, 0.2) is 103 Å². The van der Waals surface area contributed by atoms with Gasteiger partial charge in [0.15, 0.2) is 5.78 Å². The van der Waals surface area contributed by atoms with Gasteiger partial charge >= 0.3 is 0 Å². The summed E-state index contributed by atoms with van der Waals surface area (Å²) < 4.78 is 0. The summed E-state index contributed by atoms with van der Waals surface area (Å²) in [6, 6.07) is 31.6. The summed E-state index contributed by atoms with van der Waals surface area (Å²) in [5.74, 6) is 2.32. The van der Waals surface area contributed by atoms with E-state index in [1.807, 2.05) is 25.1 Å². The van der Waals surface area contributed by atoms with Crippen LogP contribution in [0.1, 0.15) is 13.3 Å². The van der Waals surface area contributed by atoms with Gasteiger partial charge in [-0.3, -0.25) is 4.79 Å². The molecule has 3 rings (SSSR count). The predicted octanol–water partition coefficient (Wildman–Crippen LogP) is 4.47. The predicted molar refractivity (Wildman–Crippen MR) is 110 cm³/mol. The first-order valence-corrected chi connectivity index (χ1v) is 10.4. The Balaban J connectivity index is 2.31. The molecule has 2 heteroatoms. The number of rotatable bonds is 6. The van der Waals surface area contributed by atoms with Crippen molar-refractivity contribution in [1.82, 2.24) is 0 Å². The van der Waals surface area contributed by atoms with Gasteiger partial charge in [-0.1, -0.05) is 61.5 Å². The summed E-state index contributed by atoms with van der Waals surface area (Å²) in [5, 5.41) is 3.77. The topological polar surface area (TPSA) is 17.1 Å². The molecule has 0 aliphatic rings. The van der Waals surface area contributed by atoms with Crippen LogP contribution in [0.5, 0.6) is 0 Å². The monoisotopic (exact) mass is 345 g/mol. The fourth-order valence-corrected chi connectivity index (χ4v) is 6.74. The Labute approximate surface area is 150 Å². The molecule has 3 aromatic rings. The van der Waals surface area contributed by atoms with E-state index in [9.17, 15) is 4.79 Å².